The summed E-state index contributed by atoms with van der Waals surface area (Å²) in [7, 11) is 0. The second kappa shape index (κ2) is 3.93. The van der Waals surface area contributed by atoms with E-state index in [1.165, 1.54) is 19.5 Å². The van der Waals surface area contributed by atoms with Crippen molar-refractivity contribution in [3.63, 3.8) is 0 Å². The highest BCUT2D eigenvalue weighted by molar-refractivity contribution is 4.87. The maximum Gasteiger partial charge on any atom is 0.124 e. The summed E-state index contributed by atoms with van der Waals surface area (Å²) in [5.41, 5.74) is -0.909. The van der Waals surface area contributed by atoms with Crippen LogP contribution in [0.5, 0.6) is 0 Å². The molecule has 0 spiro atoms. The Balaban J connectivity index is 1.71. The zero-order valence-electron chi connectivity index (χ0n) is 8.19. The fourth-order valence-electron chi connectivity index (χ4n) is 2.11. The summed E-state index contributed by atoms with van der Waals surface area (Å²) in [5.74, 6) is 0. The van der Waals surface area contributed by atoms with Crippen LogP contribution >= 0.6 is 0 Å². The Morgan fingerprint density at radius 3 is 2.69 bits per heavy atom. The predicted octanol–water partition coefficient (Wildman–Crippen LogP) is 1.17. The van der Waals surface area contributed by atoms with Gasteiger partial charge in [0.25, 0.3) is 0 Å². The van der Waals surface area contributed by atoms with Crippen LogP contribution in [-0.2, 0) is 0 Å². The highest BCUT2D eigenvalue weighted by Gasteiger charge is 2.32. The molecule has 0 radical (unpaired) electrons. The molecule has 0 bridgehead atoms. The molecule has 1 unspecified atom stereocenters. The van der Waals surface area contributed by atoms with Crippen LogP contribution in [0.15, 0.2) is 0 Å². The Morgan fingerprint density at radius 1 is 1.31 bits per heavy atom. The highest BCUT2D eigenvalue weighted by Crippen LogP contribution is 2.25. The third-order valence-electron chi connectivity index (χ3n) is 3.24. The zero-order valence-corrected chi connectivity index (χ0v) is 8.19. The van der Waals surface area contributed by atoms with Crippen LogP contribution in [0.4, 0.5) is 4.39 Å². The molecular weight excluding hydrogens is 167 g/mol. The standard InChI is InChI=1S/C10H19FN2/c11-10(3-1-5-12-9-10)4-8-13-6-2-7-13/h12H,1-9H2. The molecule has 13 heavy (non-hydrogen) atoms. The van der Waals surface area contributed by atoms with Gasteiger partial charge < -0.3 is 10.2 Å². The lowest BCUT2D eigenvalue weighted by Gasteiger charge is -2.35. The second-order valence-corrected chi connectivity index (χ2v) is 4.38. The van der Waals surface area contributed by atoms with Crippen LogP contribution in [0.3, 0.4) is 0 Å². The molecule has 0 amide bonds. The van der Waals surface area contributed by atoms with E-state index < -0.39 is 5.67 Å². The van der Waals surface area contributed by atoms with Crippen LogP contribution in [0.25, 0.3) is 0 Å². The van der Waals surface area contributed by atoms with Crippen molar-refractivity contribution < 1.29 is 4.39 Å². The molecule has 2 rings (SSSR count). The Hall–Kier alpha value is -0.150. The average Bonchev–Trinajstić information content (AvgIpc) is 2.02. The molecule has 1 atom stereocenters. The van der Waals surface area contributed by atoms with Crippen molar-refractivity contribution in [2.45, 2.75) is 31.4 Å². The Kier molecular flexibility index (Phi) is 2.84. The summed E-state index contributed by atoms with van der Waals surface area (Å²) < 4.78 is 14.0. The Labute approximate surface area is 79.5 Å². The van der Waals surface area contributed by atoms with E-state index in [9.17, 15) is 4.39 Å². The first-order chi connectivity index (χ1) is 6.29. The van der Waals surface area contributed by atoms with Crippen LogP contribution in [-0.4, -0.2) is 43.3 Å². The van der Waals surface area contributed by atoms with E-state index in [-0.39, 0.29) is 0 Å². The van der Waals surface area contributed by atoms with Gasteiger partial charge in [0.1, 0.15) is 5.67 Å². The van der Waals surface area contributed by atoms with E-state index >= 15 is 0 Å². The number of likely N-dealkylation sites (tertiary alicyclic amines) is 1. The van der Waals surface area contributed by atoms with Crippen LogP contribution in [0.2, 0.25) is 0 Å². The van der Waals surface area contributed by atoms with Gasteiger partial charge in [-0.1, -0.05) is 0 Å². The maximum atomic E-state index is 14.0. The number of hydrogen-bond acceptors (Lipinski definition) is 2. The molecule has 0 aromatic rings. The molecule has 76 valence electrons. The summed E-state index contributed by atoms with van der Waals surface area (Å²) in [5, 5.41) is 3.14. The van der Waals surface area contributed by atoms with E-state index in [0.717, 1.165) is 32.4 Å². The van der Waals surface area contributed by atoms with Crippen LogP contribution in [0, 0.1) is 0 Å². The van der Waals surface area contributed by atoms with Crippen LogP contribution < -0.4 is 5.32 Å². The van der Waals surface area contributed by atoms with Crippen molar-refractivity contribution in [1.29, 1.82) is 0 Å². The number of rotatable bonds is 3. The van der Waals surface area contributed by atoms with Gasteiger partial charge in [0.2, 0.25) is 0 Å². The fourth-order valence-corrected chi connectivity index (χ4v) is 2.11. The summed E-state index contributed by atoms with van der Waals surface area (Å²) >= 11 is 0. The van der Waals surface area contributed by atoms with E-state index in [0.29, 0.717) is 6.54 Å². The maximum absolute atomic E-state index is 14.0. The Bertz CT molecular complexity index is 162. The summed E-state index contributed by atoms with van der Waals surface area (Å²) in [4.78, 5) is 2.34. The SMILES string of the molecule is FC1(CCN2CCC2)CCCNC1. The van der Waals surface area contributed by atoms with Gasteiger partial charge in [-0.05, 0) is 45.3 Å². The fraction of sp³-hybridized carbons (Fsp3) is 1.00. The molecule has 2 aliphatic heterocycles. The molecule has 2 nitrogen and oxygen atoms in total. The number of halogens is 1. The lowest BCUT2D eigenvalue weighted by molar-refractivity contribution is 0.0775. The molecule has 2 fully saturated rings. The molecule has 2 aliphatic rings. The van der Waals surface area contributed by atoms with Gasteiger partial charge in [-0.3, -0.25) is 0 Å². The zero-order chi connectivity index (χ0) is 9.15. The average molecular weight is 186 g/mol. The number of alkyl halides is 1. The van der Waals surface area contributed by atoms with E-state index in [2.05, 4.69) is 10.2 Å². The van der Waals surface area contributed by atoms with Crippen LogP contribution in [0.1, 0.15) is 25.7 Å². The number of piperidine rings is 1. The molecule has 0 aromatic heterocycles. The number of nitrogens with one attached hydrogen (secondary N) is 1. The molecular formula is C10H19FN2. The molecule has 2 saturated heterocycles. The minimum atomic E-state index is -0.909. The number of nitrogens with zero attached hydrogens (tertiary/aromatic N) is 1. The predicted molar refractivity (Wildman–Crippen MR) is 51.6 cm³/mol. The Morgan fingerprint density at radius 2 is 2.15 bits per heavy atom. The molecule has 3 heteroatoms. The molecule has 1 N–H and O–H groups in total. The topological polar surface area (TPSA) is 15.3 Å². The first-order valence-electron chi connectivity index (χ1n) is 5.41. The quantitative estimate of drug-likeness (QED) is 0.712. The van der Waals surface area contributed by atoms with Gasteiger partial charge in [-0.25, -0.2) is 4.39 Å². The minimum absolute atomic E-state index is 0.570. The van der Waals surface area contributed by atoms with E-state index in [4.69, 9.17) is 0 Å². The monoisotopic (exact) mass is 186 g/mol. The van der Waals surface area contributed by atoms with Gasteiger partial charge in [0.05, 0.1) is 0 Å². The van der Waals surface area contributed by atoms with Crippen molar-refractivity contribution >= 4 is 0 Å². The minimum Gasteiger partial charge on any atom is -0.314 e. The van der Waals surface area contributed by atoms with Gasteiger partial charge in [0.15, 0.2) is 0 Å². The second-order valence-electron chi connectivity index (χ2n) is 4.38. The number of hydrogen-bond donors (Lipinski definition) is 1. The molecule has 0 aromatic carbocycles. The third kappa shape index (κ3) is 2.41. The van der Waals surface area contributed by atoms with E-state index in [1.807, 2.05) is 0 Å². The largest absolute Gasteiger partial charge is 0.314 e. The molecule has 2 heterocycles. The smallest absolute Gasteiger partial charge is 0.124 e. The molecule has 0 aliphatic carbocycles. The van der Waals surface area contributed by atoms with Crippen molar-refractivity contribution in [3.05, 3.63) is 0 Å². The first-order valence-corrected chi connectivity index (χ1v) is 5.41. The summed E-state index contributed by atoms with van der Waals surface area (Å²) in [6, 6.07) is 0. The van der Waals surface area contributed by atoms with Crippen molar-refractivity contribution in [2.75, 3.05) is 32.7 Å². The lowest BCUT2D eigenvalue weighted by atomic mass is 9.92. The summed E-state index contributed by atoms with van der Waals surface area (Å²) in [6.07, 6.45) is 3.78. The van der Waals surface area contributed by atoms with Gasteiger partial charge in [0, 0.05) is 13.1 Å². The van der Waals surface area contributed by atoms with Crippen molar-refractivity contribution in [3.8, 4) is 0 Å². The van der Waals surface area contributed by atoms with Crippen molar-refractivity contribution in [2.24, 2.45) is 0 Å². The normalized spacial score (nSPS) is 35.8. The molecule has 0 saturated carbocycles. The first kappa shape index (κ1) is 9.41. The van der Waals surface area contributed by atoms with Gasteiger partial charge in [-0.2, -0.15) is 0 Å². The van der Waals surface area contributed by atoms with Crippen molar-refractivity contribution in [1.82, 2.24) is 10.2 Å². The highest BCUT2D eigenvalue weighted by atomic mass is 19.1. The third-order valence-corrected chi connectivity index (χ3v) is 3.24. The van der Waals surface area contributed by atoms with E-state index in [1.54, 1.807) is 0 Å². The summed E-state index contributed by atoms with van der Waals surface area (Å²) in [6.45, 7) is 4.89. The lowest BCUT2D eigenvalue weighted by Crippen LogP contribution is -2.46. The van der Waals surface area contributed by atoms with Gasteiger partial charge in [-0.15, -0.1) is 0 Å². The van der Waals surface area contributed by atoms with Gasteiger partial charge >= 0.3 is 0 Å².